The number of ketones is 1. The number of hydrogen-bond donors (Lipinski definition) is 1. The van der Waals surface area contributed by atoms with Crippen molar-refractivity contribution in [3.05, 3.63) is 34.7 Å². The molecule has 1 amide bonds. The largest absolute Gasteiger partial charge is 0.379 e. The molecule has 3 heterocycles. The molecule has 0 saturated carbocycles. The van der Waals surface area contributed by atoms with Crippen LogP contribution in [0.4, 0.5) is 5.69 Å². The molecule has 3 saturated heterocycles. The normalized spacial score (nSPS) is 23.8. The van der Waals surface area contributed by atoms with Crippen LogP contribution in [-0.2, 0) is 14.3 Å². The number of nitrogens with zero attached hydrogens (tertiary/aromatic N) is 3. The second-order valence-electron chi connectivity index (χ2n) is 7.32. The van der Waals surface area contributed by atoms with E-state index in [9.17, 15) is 9.59 Å². The quantitative estimate of drug-likeness (QED) is 0.740. The minimum absolute atomic E-state index is 0.0984. The van der Waals surface area contributed by atoms with E-state index in [1.807, 2.05) is 18.2 Å². The third kappa shape index (κ3) is 5.46. The van der Waals surface area contributed by atoms with Crippen molar-refractivity contribution in [2.75, 3.05) is 57.4 Å². The summed E-state index contributed by atoms with van der Waals surface area (Å²) in [4.78, 5) is 33.4. The van der Waals surface area contributed by atoms with Crippen LogP contribution in [0.15, 0.2) is 34.2 Å². The first-order chi connectivity index (χ1) is 14.2. The molecule has 3 fully saturated rings. The van der Waals surface area contributed by atoms with Gasteiger partial charge in [0.15, 0.2) is 5.17 Å². The molecule has 0 aliphatic carbocycles. The molecule has 0 atom stereocenters. The van der Waals surface area contributed by atoms with E-state index < -0.39 is 0 Å². The van der Waals surface area contributed by atoms with Gasteiger partial charge in [-0.2, -0.15) is 0 Å². The molecule has 0 aromatic heterocycles. The van der Waals surface area contributed by atoms with Gasteiger partial charge in [0, 0.05) is 51.3 Å². The average Bonchev–Trinajstić information content (AvgIpc) is 3.09. The number of carbonyl (C=O) groups excluding carboxylic acids is 2. The molecule has 3 aliphatic rings. The summed E-state index contributed by atoms with van der Waals surface area (Å²) in [6.07, 6.45) is 3.14. The Morgan fingerprint density at radius 1 is 1.07 bits per heavy atom. The molecule has 1 aromatic carbocycles. The molecule has 4 rings (SSSR count). The van der Waals surface area contributed by atoms with Crippen LogP contribution < -0.4 is 10.2 Å². The number of rotatable bonds is 5. The molecule has 1 N–H and O–H groups in total. The van der Waals surface area contributed by atoms with E-state index in [1.165, 1.54) is 11.8 Å². The monoisotopic (exact) mass is 414 g/mol. The zero-order valence-electron chi connectivity index (χ0n) is 16.4. The summed E-state index contributed by atoms with van der Waals surface area (Å²) >= 11 is 1.39. The molecule has 7 nitrogen and oxygen atoms in total. The van der Waals surface area contributed by atoms with Gasteiger partial charge in [0.25, 0.3) is 5.91 Å². The highest BCUT2D eigenvalue weighted by atomic mass is 32.2. The van der Waals surface area contributed by atoms with E-state index in [4.69, 9.17) is 4.74 Å². The van der Waals surface area contributed by atoms with Crippen molar-refractivity contribution >= 4 is 40.4 Å². The van der Waals surface area contributed by atoms with Gasteiger partial charge in [-0.3, -0.25) is 19.5 Å². The number of carbonyl (C=O) groups is 2. The maximum atomic E-state index is 12.3. The number of amidine groups is 1. The van der Waals surface area contributed by atoms with Gasteiger partial charge in [-0.25, -0.2) is 0 Å². The number of ether oxygens (including phenoxy) is 1. The van der Waals surface area contributed by atoms with Gasteiger partial charge >= 0.3 is 0 Å². The Morgan fingerprint density at radius 3 is 2.52 bits per heavy atom. The Balaban J connectivity index is 1.32. The van der Waals surface area contributed by atoms with Gasteiger partial charge in [0.05, 0.1) is 24.7 Å². The number of benzene rings is 1. The van der Waals surface area contributed by atoms with Crippen molar-refractivity contribution in [3.63, 3.8) is 0 Å². The fourth-order valence-electron chi connectivity index (χ4n) is 3.57. The van der Waals surface area contributed by atoms with Crippen LogP contribution in [-0.4, -0.2) is 74.2 Å². The third-order valence-corrected chi connectivity index (χ3v) is 6.25. The highest BCUT2D eigenvalue weighted by Crippen LogP contribution is 2.27. The molecular weight excluding hydrogens is 388 g/mol. The lowest BCUT2D eigenvalue weighted by Crippen LogP contribution is -2.37. The SMILES string of the molecule is O=C1CCN(c2ccc(C=C3SC(=NCCN4CCOCC4)NC3=O)cc2)CC1. The molecule has 3 aliphatic heterocycles. The summed E-state index contributed by atoms with van der Waals surface area (Å²) in [5.74, 6) is 0.244. The Bertz CT molecular complexity index is 806. The number of thioether (sulfide) groups is 1. The maximum absolute atomic E-state index is 12.3. The topological polar surface area (TPSA) is 74.2 Å². The van der Waals surface area contributed by atoms with Gasteiger partial charge in [0.2, 0.25) is 0 Å². The van der Waals surface area contributed by atoms with Crippen LogP contribution in [0.25, 0.3) is 6.08 Å². The van der Waals surface area contributed by atoms with E-state index in [0.717, 1.165) is 57.2 Å². The summed E-state index contributed by atoms with van der Waals surface area (Å²) in [5.41, 5.74) is 2.10. The molecule has 0 bridgehead atoms. The van der Waals surface area contributed by atoms with Crippen molar-refractivity contribution in [1.82, 2.24) is 10.2 Å². The van der Waals surface area contributed by atoms with Gasteiger partial charge in [-0.1, -0.05) is 12.1 Å². The molecular formula is C21H26N4O3S. The summed E-state index contributed by atoms with van der Waals surface area (Å²) in [7, 11) is 0. The first kappa shape index (κ1) is 20.1. The number of morpholine rings is 1. The van der Waals surface area contributed by atoms with E-state index in [-0.39, 0.29) is 5.91 Å². The van der Waals surface area contributed by atoms with Crippen LogP contribution in [0.1, 0.15) is 18.4 Å². The lowest BCUT2D eigenvalue weighted by atomic mass is 10.1. The fourth-order valence-corrected chi connectivity index (χ4v) is 4.41. The Kier molecular flexibility index (Phi) is 6.63. The minimum atomic E-state index is -0.0984. The van der Waals surface area contributed by atoms with Crippen LogP contribution in [0, 0.1) is 0 Å². The molecule has 0 radical (unpaired) electrons. The Morgan fingerprint density at radius 2 is 1.79 bits per heavy atom. The van der Waals surface area contributed by atoms with Crippen molar-refractivity contribution in [2.45, 2.75) is 12.8 Å². The van der Waals surface area contributed by atoms with E-state index in [2.05, 4.69) is 32.2 Å². The van der Waals surface area contributed by atoms with E-state index in [0.29, 0.717) is 35.2 Å². The van der Waals surface area contributed by atoms with Gasteiger partial charge in [0.1, 0.15) is 5.78 Å². The van der Waals surface area contributed by atoms with Crippen molar-refractivity contribution < 1.29 is 14.3 Å². The zero-order chi connectivity index (χ0) is 20.1. The Labute approximate surface area is 175 Å². The highest BCUT2D eigenvalue weighted by Gasteiger charge is 2.23. The Hall–Kier alpha value is -2.16. The third-order valence-electron chi connectivity index (χ3n) is 5.30. The molecule has 1 aromatic rings. The summed E-state index contributed by atoms with van der Waals surface area (Å²) in [5, 5.41) is 3.52. The number of amides is 1. The van der Waals surface area contributed by atoms with E-state index in [1.54, 1.807) is 0 Å². The highest BCUT2D eigenvalue weighted by molar-refractivity contribution is 8.18. The molecule has 0 spiro atoms. The summed E-state index contributed by atoms with van der Waals surface area (Å²) in [6, 6.07) is 8.13. The van der Waals surface area contributed by atoms with Crippen LogP contribution in [0.2, 0.25) is 0 Å². The first-order valence-corrected chi connectivity index (χ1v) is 10.9. The van der Waals surface area contributed by atoms with Gasteiger partial charge in [-0.15, -0.1) is 0 Å². The van der Waals surface area contributed by atoms with Crippen molar-refractivity contribution in [2.24, 2.45) is 4.99 Å². The predicted molar refractivity (Wildman–Crippen MR) is 116 cm³/mol. The second-order valence-corrected chi connectivity index (χ2v) is 8.35. The molecule has 8 heteroatoms. The lowest BCUT2D eigenvalue weighted by molar-refractivity contribution is -0.119. The number of piperidine rings is 1. The molecule has 0 unspecified atom stereocenters. The summed E-state index contributed by atoms with van der Waals surface area (Å²) < 4.78 is 5.35. The molecule has 29 heavy (non-hydrogen) atoms. The van der Waals surface area contributed by atoms with Gasteiger partial charge in [-0.05, 0) is 35.5 Å². The number of nitrogens with one attached hydrogen (secondary N) is 1. The first-order valence-electron chi connectivity index (χ1n) is 10.1. The average molecular weight is 415 g/mol. The van der Waals surface area contributed by atoms with Gasteiger partial charge < -0.3 is 15.0 Å². The van der Waals surface area contributed by atoms with Crippen molar-refractivity contribution in [1.29, 1.82) is 0 Å². The zero-order valence-corrected chi connectivity index (χ0v) is 17.2. The summed E-state index contributed by atoms with van der Waals surface area (Å²) in [6.45, 7) is 6.56. The molecule has 154 valence electrons. The maximum Gasteiger partial charge on any atom is 0.264 e. The van der Waals surface area contributed by atoms with E-state index >= 15 is 0 Å². The lowest BCUT2D eigenvalue weighted by Gasteiger charge is -2.28. The van der Waals surface area contributed by atoms with Crippen LogP contribution >= 0.6 is 11.8 Å². The number of aliphatic imine (C=N–C) groups is 1. The number of hydrogen-bond acceptors (Lipinski definition) is 7. The number of Topliss-reactive ketones (excluding diaryl/α,β-unsaturated/α-hetero) is 1. The standard InChI is InChI=1S/C21H26N4O3S/c26-18-5-8-25(9-6-18)17-3-1-16(2-4-17)15-19-20(27)23-21(29-19)22-7-10-24-11-13-28-14-12-24/h1-4,15H,5-14H2,(H,22,23,27). The van der Waals surface area contributed by atoms with Crippen molar-refractivity contribution in [3.8, 4) is 0 Å². The number of anilines is 1. The fraction of sp³-hybridized carbons (Fsp3) is 0.476. The van der Waals surface area contributed by atoms with Crippen LogP contribution in [0.3, 0.4) is 0 Å². The van der Waals surface area contributed by atoms with Crippen LogP contribution in [0.5, 0.6) is 0 Å². The predicted octanol–water partition coefficient (Wildman–Crippen LogP) is 1.75. The second kappa shape index (κ2) is 9.56. The minimum Gasteiger partial charge on any atom is -0.379 e. The smallest absolute Gasteiger partial charge is 0.264 e.